The summed E-state index contributed by atoms with van der Waals surface area (Å²) in [6.07, 6.45) is -5.29. The third-order valence-corrected chi connectivity index (χ3v) is 5.64. The fraction of sp³-hybridized carbons (Fsp3) is 0.556. The Morgan fingerprint density at radius 1 is 1.15 bits per heavy atom. The van der Waals surface area contributed by atoms with Crippen molar-refractivity contribution < 1.29 is 37.0 Å². The number of benzene rings is 1. The number of amides is 1. The first kappa shape index (κ1) is 19.6. The molecule has 2 saturated heterocycles. The van der Waals surface area contributed by atoms with Crippen LogP contribution in [-0.2, 0) is 19.7 Å². The maximum Gasteiger partial charge on any atom is 0.406 e. The molecule has 2 fully saturated rings. The monoisotopic (exact) mass is 389 g/mol. The lowest BCUT2D eigenvalue weighted by molar-refractivity contribution is -0.227. The molecule has 3 rings (SSSR count). The molecule has 2 aliphatic heterocycles. The number of carbonyl (C=O) groups is 2. The van der Waals surface area contributed by atoms with Gasteiger partial charge in [0.05, 0.1) is 5.41 Å². The standard InChI is InChI=1S/C18H19F4NO4/c19-13-3-1-2-12(10-13)16(5-8-27-9-6-16)14(24)23-7-4-17(11-23,15(25)26)18(20,21)22/h1-3,10H,4-9,11H2,(H,25,26). The van der Waals surface area contributed by atoms with Crippen LogP contribution in [0.5, 0.6) is 0 Å². The van der Waals surface area contributed by atoms with E-state index >= 15 is 0 Å². The van der Waals surface area contributed by atoms with Gasteiger partial charge >= 0.3 is 12.1 Å². The number of carboxylic acids is 1. The predicted octanol–water partition coefficient (Wildman–Crippen LogP) is 2.74. The van der Waals surface area contributed by atoms with E-state index in [9.17, 15) is 32.3 Å². The van der Waals surface area contributed by atoms with Crippen LogP contribution in [0.1, 0.15) is 24.8 Å². The van der Waals surface area contributed by atoms with Crippen LogP contribution in [-0.4, -0.2) is 54.4 Å². The number of halogens is 4. The van der Waals surface area contributed by atoms with E-state index in [-0.39, 0.29) is 32.6 Å². The van der Waals surface area contributed by atoms with Crippen LogP contribution in [0.4, 0.5) is 17.6 Å². The molecule has 27 heavy (non-hydrogen) atoms. The predicted molar refractivity (Wildman–Crippen MR) is 85.5 cm³/mol. The molecule has 0 aromatic heterocycles. The SMILES string of the molecule is O=C(N1CCC(C(=O)O)(C(F)(F)F)C1)C1(c2cccc(F)c2)CCOCC1. The maximum atomic E-state index is 13.7. The van der Waals surface area contributed by atoms with Crippen molar-refractivity contribution in [2.24, 2.45) is 5.41 Å². The zero-order valence-electron chi connectivity index (χ0n) is 14.4. The molecule has 0 radical (unpaired) electrons. The normalized spacial score (nSPS) is 25.4. The van der Waals surface area contributed by atoms with Crippen molar-refractivity contribution in [3.8, 4) is 0 Å². The molecule has 2 heterocycles. The highest BCUT2D eigenvalue weighted by molar-refractivity contribution is 5.90. The van der Waals surface area contributed by atoms with Crippen LogP contribution in [0.3, 0.4) is 0 Å². The summed E-state index contributed by atoms with van der Waals surface area (Å²) >= 11 is 0. The van der Waals surface area contributed by atoms with E-state index in [1.165, 1.54) is 18.2 Å². The fourth-order valence-corrected chi connectivity index (χ4v) is 3.94. The lowest BCUT2D eigenvalue weighted by Crippen LogP contribution is -2.52. The number of hydrogen-bond acceptors (Lipinski definition) is 3. The highest BCUT2D eigenvalue weighted by atomic mass is 19.4. The molecule has 1 aromatic carbocycles. The Morgan fingerprint density at radius 2 is 1.81 bits per heavy atom. The summed E-state index contributed by atoms with van der Waals surface area (Å²) in [6.45, 7) is -0.843. The van der Waals surface area contributed by atoms with Gasteiger partial charge in [0.25, 0.3) is 0 Å². The van der Waals surface area contributed by atoms with Gasteiger partial charge in [0.1, 0.15) is 5.82 Å². The van der Waals surface area contributed by atoms with Gasteiger partial charge < -0.3 is 14.7 Å². The summed E-state index contributed by atoms with van der Waals surface area (Å²) in [5, 5.41) is 9.20. The lowest BCUT2D eigenvalue weighted by atomic mass is 9.73. The number of carboxylic acid groups (broad SMARTS) is 1. The van der Waals surface area contributed by atoms with Crippen molar-refractivity contribution in [1.82, 2.24) is 4.90 Å². The number of ether oxygens (including phenoxy) is 1. The zero-order chi connectivity index (χ0) is 19.9. The molecule has 2 aliphatic rings. The molecule has 1 N–H and O–H groups in total. The van der Waals surface area contributed by atoms with Gasteiger partial charge in [-0.15, -0.1) is 0 Å². The van der Waals surface area contributed by atoms with Gasteiger partial charge in [-0.25, -0.2) is 4.39 Å². The Kier molecular flexibility index (Phi) is 4.92. The van der Waals surface area contributed by atoms with E-state index in [0.29, 0.717) is 5.56 Å². The van der Waals surface area contributed by atoms with E-state index in [2.05, 4.69) is 0 Å². The van der Waals surface area contributed by atoms with Gasteiger partial charge in [0.15, 0.2) is 5.41 Å². The summed E-state index contributed by atoms with van der Waals surface area (Å²) in [5.74, 6) is -3.15. The molecule has 5 nitrogen and oxygen atoms in total. The topological polar surface area (TPSA) is 66.8 Å². The molecule has 0 spiro atoms. The smallest absolute Gasteiger partial charge is 0.406 e. The minimum Gasteiger partial charge on any atom is -0.481 e. The minimum absolute atomic E-state index is 0.192. The highest BCUT2D eigenvalue weighted by Crippen LogP contribution is 2.47. The average Bonchev–Trinajstić information content (AvgIpc) is 3.08. The van der Waals surface area contributed by atoms with Gasteiger partial charge in [-0.2, -0.15) is 13.2 Å². The molecule has 0 aliphatic carbocycles. The first-order chi connectivity index (χ1) is 12.6. The molecule has 1 atom stereocenters. The summed E-state index contributed by atoms with van der Waals surface area (Å²) in [7, 11) is 0. The molecule has 9 heteroatoms. The minimum atomic E-state index is -4.98. The Hall–Kier alpha value is -2.16. The van der Waals surface area contributed by atoms with Crippen molar-refractivity contribution >= 4 is 11.9 Å². The van der Waals surface area contributed by atoms with Crippen LogP contribution in [0, 0.1) is 11.2 Å². The quantitative estimate of drug-likeness (QED) is 0.808. The Morgan fingerprint density at radius 3 is 2.33 bits per heavy atom. The molecular formula is C18H19F4NO4. The van der Waals surface area contributed by atoms with Gasteiger partial charge in [0.2, 0.25) is 5.91 Å². The molecule has 148 valence electrons. The molecule has 0 saturated carbocycles. The number of hydrogen-bond donors (Lipinski definition) is 1. The second-order valence-electron chi connectivity index (χ2n) is 7.07. The van der Waals surface area contributed by atoms with Gasteiger partial charge in [-0.05, 0) is 37.0 Å². The molecule has 0 bridgehead atoms. The number of nitrogens with zero attached hydrogens (tertiary/aromatic N) is 1. The van der Waals surface area contributed by atoms with Crippen LogP contribution < -0.4 is 0 Å². The maximum absolute atomic E-state index is 13.7. The van der Waals surface area contributed by atoms with E-state index < -0.39 is 47.7 Å². The fourth-order valence-electron chi connectivity index (χ4n) is 3.94. The summed E-state index contributed by atoms with van der Waals surface area (Å²) in [4.78, 5) is 25.6. The third-order valence-electron chi connectivity index (χ3n) is 5.64. The van der Waals surface area contributed by atoms with Crippen molar-refractivity contribution in [2.45, 2.75) is 30.9 Å². The molecule has 1 amide bonds. The van der Waals surface area contributed by atoms with Crippen LogP contribution in [0.2, 0.25) is 0 Å². The Labute approximate surface area is 152 Å². The summed E-state index contributed by atoms with van der Waals surface area (Å²) in [5.41, 5.74) is -3.83. The Bertz CT molecular complexity index is 745. The average molecular weight is 389 g/mol. The van der Waals surface area contributed by atoms with Crippen molar-refractivity contribution in [3.63, 3.8) is 0 Å². The first-order valence-electron chi connectivity index (χ1n) is 8.56. The molecule has 1 aromatic rings. The zero-order valence-corrected chi connectivity index (χ0v) is 14.4. The number of carbonyl (C=O) groups excluding carboxylic acids is 1. The second-order valence-corrected chi connectivity index (χ2v) is 7.07. The first-order valence-corrected chi connectivity index (χ1v) is 8.56. The van der Waals surface area contributed by atoms with Gasteiger partial charge in [-0.1, -0.05) is 12.1 Å². The number of aliphatic carboxylic acids is 1. The van der Waals surface area contributed by atoms with E-state index in [0.717, 1.165) is 4.90 Å². The van der Waals surface area contributed by atoms with E-state index in [4.69, 9.17) is 4.74 Å². The number of alkyl halides is 3. The van der Waals surface area contributed by atoms with Crippen LogP contribution >= 0.6 is 0 Å². The lowest BCUT2D eigenvalue weighted by Gasteiger charge is -2.39. The van der Waals surface area contributed by atoms with Gasteiger partial charge in [0, 0.05) is 26.3 Å². The second kappa shape index (κ2) is 6.78. The molecular weight excluding hydrogens is 370 g/mol. The largest absolute Gasteiger partial charge is 0.481 e. The van der Waals surface area contributed by atoms with Crippen molar-refractivity contribution in [1.29, 1.82) is 0 Å². The highest BCUT2D eigenvalue weighted by Gasteiger charge is 2.65. The van der Waals surface area contributed by atoms with Crippen LogP contribution in [0.25, 0.3) is 0 Å². The van der Waals surface area contributed by atoms with Crippen LogP contribution in [0.15, 0.2) is 24.3 Å². The van der Waals surface area contributed by atoms with Gasteiger partial charge in [-0.3, -0.25) is 9.59 Å². The van der Waals surface area contributed by atoms with Crippen molar-refractivity contribution in [2.75, 3.05) is 26.3 Å². The number of likely N-dealkylation sites (tertiary alicyclic amines) is 1. The summed E-state index contributed by atoms with van der Waals surface area (Å²) in [6, 6.07) is 5.43. The number of rotatable bonds is 3. The molecule has 1 unspecified atom stereocenters. The third kappa shape index (κ3) is 3.18. The van der Waals surface area contributed by atoms with E-state index in [1.807, 2.05) is 0 Å². The summed E-state index contributed by atoms with van der Waals surface area (Å²) < 4.78 is 59.3. The van der Waals surface area contributed by atoms with E-state index in [1.54, 1.807) is 6.07 Å². The van der Waals surface area contributed by atoms with Crippen molar-refractivity contribution in [3.05, 3.63) is 35.6 Å². The Balaban J connectivity index is 1.96.